The summed E-state index contributed by atoms with van der Waals surface area (Å²) in [5.41, 5.74) is 2.39. The minimum absolute atomic E-state index is 0.147. The number of ether oxygens (including phenoxy) is 2. The van der Waals surface area contributed by atoms with Crippen LogP contribution in [0.15, 0.2) is 42.5 Å². The Kier molecular flexibility index (Phi) is 4.01. The SMILES string of the molecule is COc1ccccc1CNC(=O)c1cc2c(Cl)ccc3c2n1CCO3. The molecule has 2 heterocycles. The van der Waals surface area contributed by atoms with E-state index in [1.165, 1.54) is 0 Å². The van der Waals surface area contributed by atoms with Crippen LogP contribution in [0.25, 0.3) is 10.9 Å². The van der Waals surface area contributed by atoms with Gasteiger partial charge in [0.05, 0.1) is 24.2 Å². The highest BCUT2D eigenvalue weighted by molar-refractivity contribution is 6.36. The Bertz CT molecular complexity index is 965. The van der Waals surface area contributed by atoms with E-state index in [0.717, 1.165) is 28.0 Å². The molecule has 3 aromatic rings. The molecule has 0 radical (unpaired) electrons. The fourth-order valence-corrected chi connectivity index (χ4v) is 3.42. The molecule has 5 nitrogen and oxygen atoms in total. The van der Waals surface area contributed by atoms with Crippen molar-refractivity contribution in [3.8, 4) is 11.5 Å². The largest absolute Gasteiger partial charge is 0.496 e. The van der Waals surface area contributed by atoms with Gasteiger partial charge in [0.1, 0.15) is 23.8 Å². The minimum Gasteiger partial charge on any atom is -0.496 e. The molecule has 1 aliphatic rings. The average molecular weight is 357 g/mol. The molecule has 1 aliphatic heterocycles. The maximum atomic E-state index is 12.8. The van der Waals surface area contributed by atoms with E-state index in [1.807, 2.05) is 41.0 Å². The van der Waals surface area contributed by atoms with Crippen LogP contribution in [-0.2, 0) is 13.1 Å². The predicted molar refractivity (Wildman–Crippen MR) is 96.6 cm³/mol. The lowest BCUT2D eigenvalue weighted by Crippen LogP contribution is -2.27. The zero-order chi connectivity index (χ0) is 17.4. The fourth-order valence-electron chi connectivity index (χ4n) is 3.21. The molecule has 0 saturated carbocycles. The van der Waals surface area contributed by atoms with Gasteiger partial charge in [-0.15, -0.1) is 0 Å². The zero-order valence-corrected chi connectivity index (χ0v) is 14.5. The van der Waals surface area contributed by atoms with E-state index in [0.29, 0.717) is 30.4 Å². The first-order valence-corrected chi connectivity index (χ1v) is 8.41. The summed E-state index contributed by atoms with van der Waals surface area (Å²) in [7, 11) is 1.62. The van der Waals surface area contributed by atoms with Gasteiger partial charge in [0.25, 0.3) is 5.91 Å². The van der Waals surface area contributed by atoms with Gasteiger partial charge in [0.2, 0.25) is 0 Å². The number of methoxy groups -OCH3 is 1. The number of aromatic nitrogens is 1. The normalized spacial score (nSPS) is 12.7. The van der Waals surface area contributed by atoms with Gasteiger partial charge in [-0.25, -0.2) is 0 Å². The Labute approximate surface area is 150 Å². The van der Waals surface area contributed by atoms with E-state index >= 15 is 0 Å². The van der Waals surface area contributed by atoms with Crippen LogP contribution in [0.4, 0.5) is 0 Å². The molecule has 1 amide bonds. The molecule has 4 rings (SSSR count). The van der Waals surface area contributed by atoms with Crippen molar-refractivity contribution in [3.05, 3.63) is 58.7 Å². The van der Waals surface area contributed by atoms with Crippen molar-refractivity contribution < 1.29 is 14.3 Å². The first-order valence-electron chi connectivity index (χ1n) is 8.03. The first-order chi connectivity index (χ1) is 12.2. The summed E-state index contributed by atoms with van der Waals surface area (Å²) < 4.78 is 13.0. The third-order valence-electron chi connectivity index (χ3n) is 4.41. The van der Waals surface area contributed by atoms with Crippen LogP contribution in [0.1, 0.15) is 16.1 Å². The molecule has 25 heavy (non-hydrogen) atoms. The van der Waals surface area contributed by atoms with Crippen molar-refractivity contribution >= 4 is 28.4 Å². The maximum absolute atomic E-state index is 12.8. The number of rotatable bonds is 4. The standard InChI is InChI=1S/C19H17ClN2O3/c1-24-16-5-3-2-4-12(16)11-21-19(23)15-10-13-14(20)6-7-17-18(13)22(15)8-9-25-17/h2-7,10H,8-9,11H2,1H3,(H,21,23). The van der Waals surface area contributed by atoms with Crippen molar-refractivity contribution in [3.63, 3.8) is 0 Å². The smallest absolute Gasteiger partial charge is 0.268 e. The van der Waals surface area contributed by atoms with Crippen molar-refractivity contribution in [2.75, 3.05) is 13.7 Å². The Morgan fingerprint density at radius 2 is 2.16 bits per heavy atom. The van der Waals surface area contributed by atoms with Crippen LogP contribution in [0.3, 0.4) is 0 Å². The highest BCUT2D eigenvalue weighted by Gasteiger charge is 2.22. The second-order valence-electron chi connectivity index (χ2n) is 5.83. The number of benzene rings is 2. The Balaban J connectivity index is 1.65. The Hall–Kier alpha value is -2.66. The number of nitrogens with zero attached hydrogens (tertiary/aromatic N) is 1. The van der Waals surface area contributed by atoms with Crippen molar-refractivity contribution in [1.29, 1.82) is 0 Å². The van der Waals surface area contributed by atoms with E-state index in [1.54, 1.807) is 13.2 Å². The second kappa shape index (κ2) is 6.33. The van der Waals surface area contributed by atoms with Crippen LogP contribution in [0.5, 0.6) is 11.5 Å². The molecule has 6 heteroatoms. The van der Waals surface area contributed by atoms with Crippen LogP contribution < -0.4 is 14.8 Å². The van der Waals surface area contributed by atoms with Gasteiger partial charge >= 0.3 is 0 Å². The minimum atomic E-state index is -0.147. The van der Waals surface area contributed by atoms with Crippen LogP contribution in [0.2, 0.25) is 5.02 Å². The van der Waals surface area contributed by atoms with Gasteiger partial charge in [0, 0.05) is 17.5 Å². The molecule has 0 saturated heterocycles. The van der Waals surface area contributed by atoms with E-state index < -0.39 is 0 Å². The lowest BCUT2D eigenvalue weighted by atomic mass is 10.2. The highest BCUT2D eigenvalue weighted by Crippen LogP contribution is 2.36. The first kappa shape index (κ1) is 15.8. The number of halogens is 1. The molecular formula is C19H17ClN2O3. The summed E-state index contributed by atoms with van der Waals surface area (Å²) in [6.07, 6.45) is 0. The maximum Gasteiger partial charge on any atom is 0.268 e. The van der Waals surface area contributed by atoms with Gasteiger partial charge in [0.15, 0.2) is 0 Å². The average Bonchev–Trinajstić information content (AvgIpc) is 3.05. The van der Waals surface area contributed by atoms with E-state index in [-0.39, 0.29) is 5.91 Å². The Morgan fingerprint density at radius 1 is 1.32 bits per heavy atom. The number of hydrogen-bond donors (Lipinski definition) is 1. The number of hydrogen-bond acceptors (Lipinski definition) is 3. The molecule has 1 N–H and O–H groups in total. The molecule has 0 fully saturated rings. The third kappa shape index (κ3) is 2.70. The van der Waals surface area contributed by atoms with E-state index in [9.17, 15) is 4.79 Å². The Morgan fingerprint density at radius 3 is 3.00 bits per heavy atom. The second-order valence-corrected chi connectivity index (χ2v) is 6.24. The third-order valence-corrected chi connectivity index (χ3v) is 4.74. The summed E-state index contributed by atoms with van der Waals surface area (Å²) in [5.74, 6) is 1.36. The number of carbonyl (C=O) groups is 1. The van der Waals surface area contributed by atoms with Crippen LogP contribution in [0, 0.1) is 0 Å². The van der Waals surface area contributed by atoms with Crippen LogP contribution in [-0.4, -0.2) is 24.2 Å². The quantitative estimate of drug-likeness (QED) is 0.776. The van der Waals surface area contributed by atoms with Crippen molar-refractivity contribution in [2.45, 2.75) is 13.1 Å². The summed E-state index contributed by atoms with van der Waals surface area (Å²) >= 11 is 6.30. The summed E-state index contributed by atoms with van der Waals surface area (Å²) in [6.45, 7) is 1.54. The number of para-hydroxylation sites is 1. The lowest BCUT2D eigenvalue weighted by Gasteiger charge is -2.19. The van der Waals surface area contributed by atoms with Gasteiger partial charge in [-0.1, -0.05) is 29.8 Å². The van der Waals surface area contributed by atoms with Crippen molar-refractivity contribution in [2.24, 2.45) is 0 Å². The molecule has 0 atom stereocenters. The van der Waals surface area contributed by atoms with Gasteiger partial charge in [-0.05, 0) is 24.3 Å². The summed E-state index contributed by atoms with van der Waals surface area (Å²) in [5, 5.41) is 4.41. The molecule has 0 bridgehead atoms. The highest BCUT2D eigenvalue weighted by atomic mass is 35.5. The molecule has 0 spiro atoms. The van der Waals surface area contributed by atoms with Crippen LogP contribution >= 0.6 is 11.6 Å². The molecule has 0 unspecified atom stereocenters. The molecular weight excluding hydrogens is 340 g/mol. The van der Waals surface area contributed by atoms with Gasteiger partial charge in [-0.3, -0.25) is 4.79 Å². The van der Waals surface area contributed by atoms with Gasteiger partial charge in [-0.2, -0.15) is 0 Å². The summed E-state index contributed by atoms with van der Waals surface area (Å²) in [6, 6.07) is 13.1. The zero-order valence-electron chi connectivity index (χ0n) is 13.7. The molecule has 0 aliphatic carbocycles. The lowest BCUT2D eigenvalue weighted by molar-refractivity contribution is 0.0940. The number of nitrogens with one attached hydrogen (secondary N) is 1. The number of carbonyl (C=O) groups excluding carboxylic acids is 1. The fraction of sp³-hybridized carbons (Fsp3) is 0.211. The topological polar surface area (TPSA) is 52.5 Å². The monoisotopic (exact) mass is 356 g/mol. The molecule has 2 aromatic carbocycles. The summed E-state index contributed by atoms with van der Waals surface area (Å²) in [4.78, 5) is 12.8. The molecule has 1 aromatic heterocycles. The van der Waals surface area contributed by atoms with Crippen molar-refractivity contribution in [1.82, 2.24) is 9.88 Å². The van der Waals surface area contributed by atoms with Gasteiger partial charge < -0.3 is 19.4 Å². The molecule has 128 valence electrons. The van der Waals surface area contributed by atoms with E-state index in [2.05, 4.69) is 5.32 Å². The van der Waals surface area contributed by atoms with E-state index in [4.69, 9.17) is 21.1 Å². The predicted octanol–water partition coefficient (Wildman–Crippen LogP) is 3.63. The number of amides is 1.